The molecule has 0 aromatic carbocycles. The summed E-state index contributed by atoms with van der Waals surface area (Å²) in [6.07, 6.45) is 2.02. The number of amides is 1. The molecule has 0 bridgehead atoms. The average molecular weight is 142 g/mol. The minimum atomic E-state index is -0.167. The van der Waals surface area contributed by atoms with Crippen LogP contribution in [0.1, 0.15) is 19.8 Å². The summed E-state index contributed by atoms with van der Waals surface area (Å²) in [7, 11) is 0. The van der Waals surface area contributed by atoms with Crippen LogP contribution in [0.25, 0.3) is 0 Å². The predicted octanol–water partition coefficient (Wildman–Crippen LogP) is -0.140. The molecule has 0 saturated carbocycles. The standard InChI is InChI=1S/C7H14N2O/c1-5-6(7(8)10)3-2-4-9-5/h5-6,9H,2-4H2,1H3,(H2,8,10)/t5-,6+/m1/s1. The maximum absolute atomic E-state index is 10.7. The summed E-state index contributed by atoms with van der Waals surface area (Å²) >= 11 is 0. The highest BCUT2D eigenvalue weighted by atomic mass is 16.1. The normalized spacial score (nSPS) is 33.7. The van der Waals surface area contributed by atoms with E-state index in [4.69, 9.17) is 5.73 Å². The molecule has 58 valence electrons. The minimum Gasteiger partial charge on any atom is -0.369 e. The summed E-state index contributed by atoms with van der Waals surface area (Å²) in [5.74, 6) is -0.117. The molecule has 0 unspecified atom stereocenters. The van der Waals surface area contributed by atoms with Crippen LogP contribution in [-0.2, 0) is 4.79 Å². The lowest BCUT2D eigenvalue weighted by Gasteiger charge is -2.27. The Balaban J connectivity index is 2.47. The second-order valence-electron chi connectivity index (χ2n) is 2.89. The predicted molar refractivity (Wildman–Crippen MR) is 39.4 cm³/mol. The third kappa shape index (κ3) is 1.48. The van der Waals surface area contributed by atoms with Crippen molar-refractivity contribution in [3.05, 3.63) is 0 Å². The first kappa shape index (κ1) is 7.54. The molecule has 0 radical (unpaired) electrons. The van der Waals surface area contributed by atoms with Crippen molar-refractivity contribution in [3.63, 3.8) is 0 Å². The lowest BCUT2D eigenvalue weighted by molar-refractivity contribution is -0.123. The van der Waals surface area contributed by atoms with Gasteiger partial charge >= 0.3 is 0 Å². The molecule has 1 aliphatic heterocycles. The topological polar surface area (TPSA) is 55.1 Å². The van der Waals surface area contributed by atoms with E-state index in [9.17, 15) is 4.79 Å². The number of hydrogen-bond donors (Lipinski definition) is 2. The molecule has 3 N–H and O–H groups in total. The second-order valence-corrected chi connectivity index (χ2v) is 2.89. The van der Waals surface area contributed by atoms with E-state index in [0.29, 0.717) is 0 Å². The van der Waals surface area contributed by atoms with Crippen LogP contribution in [0.3, 0.4) is 0 Å². The van der Waals surface area contributed by atoms with Crippen molar-refractivity contribution in [3.8, 4) is 0 Å². The Kier molecular flexibility index (Phi) is 2.27. The first-order valence-electron chi connectivity index (χ1n) is 3.74. The van der Waals surface area contributed by atoms with Gasteiger partial charge in [0.05, 0.1) is 5.92 Å². The van der Waals surface area contributed by atoms with E-state index in [0.717, 1.165) is 19.4 Å². The largest absolute Gasteiger partial charge is 0.369 e. The average Bonchev–Trinajstić information content (AvgIpc) is 1.88. The zero-order valence-corrected chi connectivity index (χ0v) is 6.26. The van der Waals surface area contributed by atoms with Gasteiger partial charge in [-0.25, -0.2) is 0 Å². The third-order valence-corrected chi connectivity index (χ3v) is 2.13. The van der Waals surface area contributed by atoms with E-state index < -0.39 is 0 Å². The van der Waals surface area contributed by atoms with Crippen LogP contribution in [0.15, 0.2) is 0 Å². The van der Waals surface area contributed by atoms with E-state index in [2.05, 4.69) is 5.32 Å². The fourth-order valence-electron chi connectivity index (χ4n) is 1.43. The van der Waals surface area contributed by atoms with Crippen molar-refractivity contribution >= 4 is 5.91 Å². The van der Waals surface area contributed by atoms with Gasteiger partial charge in [-0.2, -0.15) is 0 Å². The van der Waals surface area contributed by atoms with Gasteiger partial charge in [0.1, 0.15) is 0 Å². The Bertz CT molecular complexity index is 136. The molecule has 1 heterocycles. The lowest BCUT2D eigenvalue weighted by Crippen LogP contribution is -2.44. The van der Waals surface area contributed by atoms with Crippen LogP contribution < -0.4 is 11.1 Å². The van der Waals surface area contributed by atoms with Gasteiger partial charge < -0.3 is 11.1 Å². The van der Waals surface area contributed by atoms with Gasteiger partial charge in [-0.3, -0.25) is 4.79 Å². The number of carbonyl (C=O) groups is 1. The van der Waals surface area contributed by atoms with Crippen LogP contribution in [-0.4, -0.2) is 18.5 Å². The van der Waals surface area contributed by atoms with Crippen LogP contribution in [0.5, 0.6) is 0 Å². The number of nitrogens with two attached hydrogens (primary N) is 1. The van der Waals surface area contributed by atoms with Gasteiger partial charge in [0, 0.05) is 6.04 Å². The Labute approximate surface area is 61.0 Å². The molecule has 0 spiro atoms. The lowest BCUT2D eigenvalue weighted by atomic mass is 9.92. The van der Waals surface area contributed by atoms with Crippen molar-refractivity contribution in [1.82, 2.24) is 5.32 Å². The van der Waals surface area contributed by atoms with Crippen molar-refractivity contribution in [2.75, 3.05) is 6.54 Å². The molecule has 0 aromatic rings. The van der Waals surface area contributed by atoms with Gasteiger partial charge in [-0.15, -0.1) is 0 Å². The summed E-state index contributed by atoms with van der Waals surface area (Å²) in [6, 6.07) is 0.270. The number of carbonyl (C=O) groups excluding carboxylic acids is 1. The fraction of sp³-hybridized carbons (Fsp3) is 0.857. The van der Waals surface area contributed by atoms with Crippen molar-refractivity contribution in [1.29, 1.82) is 0 Å². The summed E-state index contributed by atoms with van der Waals surface area (Å²) < 4.78 is 0. The molecule has 0 aromatic heterocycles. The van der Waals surface area contributed by atoms with Crippen molar-refractivity contribution in [2.24, 2.45) is 11.7 Å². The molecule has 1 rings (SSSR count). The smallest absolute Gasteiger partial charge is 0.222 e. The van der Waals surface area contributed by atoms with Crippen molar-refractivity contribution in [2.45, 2.75) is 25.8 Å². The highest BCUT2D eigenvalue weighted by molar-refractivity contribution is 5.77. The van der Waals surface area contributed by atoms with Crippen molar-refractivity contribution < 1.29 is 4.79 Å². The Morgan fingerprint density at radius 1 is 1.70 bits per heavy atom. The van der Waals surface area contributed by atoms with Gasteiger partial charge in [0.15, 0.2) is 0 Å². The zero-order valence-electron chi connectivity index (χ0n) is 6.26. The number of rotatable bonds is 1. The van der Waals surface area contributed by atoms with Crippen LogP contribution in [0.4, 0.5) is 0 Å². The van der Waals surface area contributed by atoms with Crippen LogP contribution >= 0.6 is 0 Å². The van der Waals surface area contributed by atoms with E-state index in [1.165, 1.54) is 0 Å². The Morgan fingerprint density at radius 2 is 2.40 bits per heavy atom. The zero-order chi connectivity index (χ0) is 7.56. The second kappa shape index (κ2) is 3.01. The highest BCUT2D eigenvalue weighted by Gasteiger charge is 2.24. The maximum atomic E-state index is 10.7. The summed E-state index contributed by atoms with van der Waals surface area (Å²) in [4.78, 5) is 10.7. The monoisotopic (exact) mass is 142 g/mol. The maximum Gasteiger partial charge on any atom is 0.222 e. The van der Waals surface area contributed by atoms with Gasteiger partial charge in [0.25, 0.3) is 0 Å². The molecule has 3 nitrogen and oxygen atoms in total. The molecular formula is C7H14N2O. The summed E-state index contributed by atoms with van der Waals surface area (Å²) in [6.45, 7) is 3.03. The fourth-order valence-corrected chi connectivity index (χ4v) is 1.43. The SMILES string of the molecule is C[C@H]1NCCC[C@@H]1C(N)=O. The van der Waals surface area contributed by atoms with E-state index in [1.54, 1.807) is 0 Å². The number of hydrogen-bond acceptors (Lipinski definition) is 2. The molecular weight excluding hydrogens is 128 g/mol. The van der Waals surface area contributed by atoms with Crippen LogP contribution in [0.2, 0.25) is 0 Å². The number of primary amides is 1. The van der Waals surface area contributed by atoms with E-state index in [1.807, 2.05) is 6.92 Å². The Hall–Kier alpha value is -0.570. The summed E-state index contributed by atoms with van der Waals surface area (Å²) in [5.41, 5.74) is 5.18. The molecule has 1 aliphatic rings. The summed E-state index contributed by atoms with van der Waals surface area (Å²) in [5, 5.41) is 3.21. The van der Waals surface area contributed by atoms with Gasteiger partial charge in [0.2, 0.25) is 5.91 Å². The van der Waals surface area contributed by atoms with Crippen LogP contribution in [0, 0.1) is 5.92 Å². The minimum absolute atomic E-state index is 0.0498. The molecule has 1 saturated heterocycles. The molecule has 10 heavy (non-hydrogen) atoms. The molecule has 0 aliphatic carbocycles. The molecule has 1 amide bonds. The first-order valence-corrected chi connectivity index (χ1v) is 3.74. The van der Waals surface area contributed by atoms with Gasteiger partial charge in [-0.05, 0) is 26.3 Å². The third-order valence-electron chi connectivity index (χ3n) is 2.13. The number of nitrogens with one attached hydrogen (secondary N) is 1. The van der Waals surface area contributed by atoms with E-state index in [-0.39, 0.29) is 17.9 Å². The number of piperidine rings is 1. The quantitative estimate of drug-likeness (QED) is 0.535. The van der Waals surface area contributed by atoms with Gasteiger partial charge in [-0.1, -0.05) is 0 Å². The molecule has 2 atom stereocenters. The first-order chi connectivity index (χ1) is 4.72. The highest BCUT2D eigenvalue weighted by Crippen LogP contribution is 2.14. The Morgan fingerprint density at radius 3 is 2.80 bits per heavy atom. The molecule has 3 heteroatoms. The van der Waals surface area contributed by atoms with E-state index >= 15 is 0 Å². The molecule has 1 fully saturated rings.